The molecule has 1 N–H and O–H groups in total. The maximum Gasteiger partial charge on any atom is 0.166 e. The van der Waals surface area contributed by atoms with Gasteiger partial charge >= 0.3 is 0 Å². The van der Waals surface area contributed by atoms with E-state index >= 15 is 0 Å². The smallest absolute Gasteiger partial charge is 0.166 e. The maximum absolute atomic E-state index is 13.7. The van der Waals surface area contributed by atoms with Crippen LogP contribution < -0.4 is 0 Å². The lowest BCUT2D eigenvalue weighted by atomic mass is 9.99. The Kier molecular flexibility index (Phi) is 3.60. The van der Waals surface area contributed by atoms with Gasteiger partial charge in [0.2, 0.25) is 0 Å². The van der Waals surface area contributed by atoms with Crippen LogP contribution in [0.15, 0.2) is 36.4 Å². The molecular weight excluding hydrogens is 250 g/mol. The zero-order valence-electron chi connectivity index (χ0n) is 10.3. The van der Waals surface area contributed by atoms with Crippen molar-refractivity contribution in [1.29, 1.82) is 0 Å². The number of benzene rings is 2. The molecule has 0 saturated carbocycles. The zero-order valence-corrected chi connectivity index (χ0v) is 10.3. The van der Waals surface area contributed by atoms with Crippen molar-refractivity contribution in [2.24, 2.45) is 0 Å². The predicted molar refractivity (Wildman–Crippen MR) is 68.1 cm³/mol. The highest BCUT2D eigenvalue weighted by molar-refractivity contribution is 5.99. The van der Waals surface area contributed by atoms with Crippen molar-refractivity contribution in [3.05, 3.63) is 53.6 Å². The van der Waals surface area contributed by atoms with E-state index < -0.39 is 11.6 Å². The van der Waals surface area contributed by atoms with E-state index in [9.17, 15) is 18.7 Å². The molecule has 0 unspecified atom stereocenters. The Morgan fingerprint density at radius 1 is 1.16 bits per heavy atom. The summed E-state index contributed by atoms with van der Waals surface area (Å²) in [7, 11) is 0. The summed E-state index contributed by atoms with van der Waals surface area (Å²) in [6.07, 6.45) is 0.239. The Labute approximate surface area is 109 Å². The molecule has 0 atom stereocenters. The number of carbonyl (C=O) groups excluding carboxylic acids is 1. The highest BCUT2D eigenvalue weighted by Gasteiger charge is 2.13. The number of rotatable bonds is 3. The summed E-state index contributed by atoms with van der Waals surface area (Å²) in [4.78, 5) is 11.6. The van der Waals surface area contributed by atoms with Crippen LogP contribution in [0.4, 0.5) is 8.78 Å². The molecule has 19 heavy (non-hydrogen) atoms. The molecule has 0 aliphatic rings. The first-order valence-corrected chi connectivity index (χ1v) is 5.84. The van der Waals surface area contributed by atoms with E-state index in [4.69, 9.17) is 0 Å². The quantitative estimate of drug-likeness (QED) is 0.851. The van der Waals surface area contributed by atoms with Crippen molar-refractivity contribution < 1.29 is 18.7 Å². The molecule has 0 bridgehead atoms. The van der Waals surface area contributed by atoms with Crippen LogP contribution in [-0.4, -0.2) is 10.9 Å². The molecule has 0 saturated heterocycles. The lowest BCUT2D eigenvalue weighted by molar-refractivity contribution is 0.0985. The van der Waals surface area contributed by atoms with E-state index in [2.05, 4.69) is 0 Å². The molecule has 2 nitrogen and oxygen atoms in total. The van der Waals surface area contributed by atoms with Crippen molar-refractivity contribution >= 4 is 5.78 Å². The van der Waals surface area contributed by atoms with Gasteiger partial charge in [-0.25, -0.2) is 8.78 Å². The number of halogens is 2. The molecule has 4 heteroatoms. The molecule has 98 valence electrons. The SMILES string of the molecule is CCC(=O)c1cc(-c2ccc(F)cc2F)ccc1O. The zero-order chi connectivity index (χ0) is 14.0. The Morgan fingerprint density at radius 2 is 1.89 bits per heavy atom. The van der Waals surface area contributed by atoms with Crippen LogP contribution in [0.1, 0.15) is 23.7 Å². The molecule has 2 aromatic rings. The first kappa shape index (κ1) is 13.2. The van der Waals surface area contributed by atoms with Crippen LogP contribution in [0.5, 0.6) is 5.75 Å². The number of ketones is 1. The number of phenolic OH excluding ortho intramolecular Hbond substituents is 1. The third kappa shape index (κ3) is 2.62. The largest absolute Gasteiger partial charge is 0.507 e. The van der Waals surface area contributed by atoms with Crippen molar-refractivity contribution in [3.8, 4) is 16.9 Å². The summed E-state index contributed by atoms with van der Waals surface area (Å²) in [5, 5.41) is 9.62. The van der Waals surface area contributed by atoms with E-state index in [1.54, 1.807) is 6.92 Å². The number of hydrogen-bond donors (Lipinski definition) is 1. The molecule has 0 aliphatic heterocycles. The molecule has 0 fully saturated rings. The summed E-state index contributed by atoms with van der Waals surface area (Å²) in [5.41, 5.74) is 0.752. The minimum absolute atomic E-state index is 0.141. The summed E-state index contributed by atoms with van der Waals surface area (Å²) < 4.78 is 26.5. The third-order valence-electron chi connectivity index (χ3n) is 2.86. The molecule has 0 heterocycles. The van der Waals surface area contributed by atoms with E-state index in [-0.39, 0.29) is 29.1 Å². The van der Waals surface area contributed by atoms with Gasteiger partial charge in [-0.3, -0.25) is 4.79 Å². The third-order valence-corrected chi connectivity index (χ3v) is 2.86. The van der Waals surface area contributed by atoms with Crippen molar-refractivity contribution in [3.63, 3.8) is 0 Å². The summed E-state index contributed by atoms with van der Waals surface area (Å²) in [5.74, 6) is -1.74. The highest BCUT2D eigenvalue weighted by atomic mass is 19.1. The number of phenols is 1. The van der Waals surface area contributed by atoms with Gasteiger partial charge in [0.25, 0.3) is 0 Å². The second kappa shape index (κ2) is 5.18. The van der Waals surface area contributed by atoms with Gasteiger partial charge in [0.05, 0.1) is 5.56 Å². The molecule has 0 spiro atoms. The highest BCUT2D eigenvalue weighted by Crippen LogP contribution is 2.28. The maximum atomic E-state index is 13.7. The normalized spacial score (nSPS) is 10.5. The molecule has 2 aromatic carbocycles. The van der Waals surface area contributed by atoms with Crippen LogP contribution in [0.2, 0.25) is 0 Å². The Hall–Kier alpha value is -2.23. The van der Waals surface area contributed by atoms with Crippen molar-refractivity contribution in [2.75, 3.05) is 0 Å². The number of aromatic hydroxyl groups is 1. The average molecular weight is 262 g/mol. The van der Waals surface area contributed by atoms with Crippen LogP contribution >= 0.6 is 0 Å². The van der Waals surface area contributed by atoms with E-state index in [1.165, 1.54) is 24.3 Å². The molecule has 0 aliphatic carbocycles. The topological polar surface area (TPSA) is 37.3 Å². The summed E-state index contributed by atoms with van der Waals surface area (Å²) >= 11 is 0. The first-order valence-electron chi connectivity index (χ1n) is 5.84. The minimum Gasteiger partial charge on any atom is -0.507 e. The standard InChI is InChI=1S/C15H12F2O2/c1-2-14(18)12-7-9(3-6-15(12)19)11-5-4-10(16)8-13(11)17/h3-8,19H,2H2,1H3. The van der Waals surface area contributed by atoms with E-state index in [0.717, 1.165) is 12.1 Å². The first-order chi connectivity index (χ1) is 9.02. The molecule has 0 radical (unpaired) electrons. The lowest BCUT2D eigenvalue weighted by Crippen LogP contribution is -1.98. The minimum atomic E-state index is -0.708. The average Bonchev–Trinajstić information content (AvgIpc) is 2.39. The molecule has 2 rings (SSSR count). The van der Waals surface area contributed by atoms with Crippen LogP contribution in [-0.2, 0) is 0 Å². The van der Waals surface area contributed by atoms with E-state index in [0.29, 0.717) is 5.56 Å². The number of carbonyl (C=O) groups is 1. The fourth-order valence-electron chi connectivity index (χ4n) is 1.84. The Bertz CT molecular complexity index is 636. The van der Waals surface area contributed by atoms with Gasteiger partial charge in [-0.1, -0.05) is 13.0 Å². The predicted octanol–water partition coefficient (Wildman–Crippen LogP) is 3.93. The molecule has 0 amide bonds. The van der Waals surface area contributed by atoms with Gasteiger partial charge in [-0.05, 0) is 29.8 Å². The lowest BCUT2D eigenvalue weighted by Gasteiger charge is -2.07. The van der Waals surface area contributed by atoms with Gasteiger partial charge in [0, 0.05) is 18.1 Å². The number of Topliss-reactive ketones (excluding diaryl/α,β-unsaturated/α-hetero) is 1. The van der Waals surface area contributed by atoms with Gasteiger partial charge in [-0.15, -0.1) is 0 Å². The Balaban J connectivity index is 2.54. The number of hydrogen-bond acceptors (Lipinski definition) is 2. The van der Waals surface area contributed by atoms with Crippen LogP contribution in [0, 0.1) is 11.6 Å². The van der Waals surface area contributed by atoms with Crippen LogP contribution in [0.3, 0.4) is 0 Å². The van der Waals surface area contributed by atoms with Crippen LogP contribution in [0.25, 0.3) is 11.1 Å². The van der Waals surface area contributed by atoms with Crippen molar-refractivity contribution in [1.82, 2.24) is 0 Å². The van der Waals surface area contributed by atoms with Gasteiger partial charge < -0.3 is 5.11 Å². The van der Waals surface area contributed by atoms with E-state index in [1.807, 2.05) is 0 Å². The molecule has 0 aromatic heterocycles. The fraction of sp³-hybridized carbons (Fsp3) is 0.133. The fourth-order valence-corrected chi connectivity index (χ4v) is 1.84. The Morgan fingerprint density at radius 3 is 2.53 bits per heavy atom. The second-order valence-corrected chi connectivity index (χ2v) is 4.13. The summed E-state index contributed by atoms with van der Waals surface area (Å²) in [6, 6.07) is 7.46. The molecular formula is C15H12F2O2. The monoisotopic (exact) mass is 262 g/mol. The van der Waals surface area contributed by atoms with Crippen molar-refractivity contribution in [2.45, 2.75) is 13.3 Å². The van der Waals surface area contributed by atoms with Gasteiger partial charge in [0.1, 0.15) is 17.4 Å². The second-order valence-electron chi connectivity index (χ2n) is 4.13. The summed E-state index contributed by atoms with van der Waals surface area (Å²) in [6.45, 7) is 1.67. The van der Waals surface area contributed by atoms with Gasteiger partial charge in [0.15, 0.2) is 5.78 Å². The van der Waals surface area contributed by atoms with Gasteiger partial charge in [-0.2, -0.15) is 0 Å².